The maximum atomic E-state index is 12.7. The van der Waals surface area contributed by atoms with Crippen LogP contribution in [-0.2, 0) is 15.7 Å². The summed E-state index contributed by atoms with van der Waals surface area (Å²) in [5.41, 5.74) is 0.0352. The van der Waals surface area contributed by atoms with E-state index in [9.17, 15) is 23.1 Å². The van der Waals surface area contributed by atoms with Gasteiger partial charge in [-0.3, -0.25) is 0 Å². The Labute approximate surface area is 194 Å². The Morgan fingerprint density at radius 2 is 1.82 bits per heavy atom. The molecule has 2 N–H and O–H groups in total. The second kappa shape index (κ2) is 12.7. The molecule has 2 aromatic rings. The number of carboxylic acids is 1. The van der Waals surface area contributed by atoms with Gasteiger partial charge in [-0.05, 0) is 61.9 Å². The van der Waals surface area contributed by atoms with Crippen LogP contribution in [0.4, 0.5) is 13.2 Å². The molecule has 2 atom stereocenters. The molecule has 182 valence electrons. The minimum atomic E-state index is -4.41. The third-order valence-corrected chi connectivity index (χ3v) is 5.77. The lowest BCUT2D eigenvalue weighted by Gasteiger charge is -2.21. The number of benzene rings is 2. The Bertz CT molecular complexity index is 889. The van der Waals surface area contributed by atoms with Crippen molar-refractivity contribution < 1.29 is 42.4 Å². The zero-order valence-corrected chi connectivity index (χ0v) is 19.1. The summed E-state index contributed by atoms with van der Waals surface area (Å²) in [5.74, 6) is 0.133. The summed E-state index contributed by atoms with van der Waals surface area (Å²) in [6.45, 7) is 3.68. The fourth-order valence-electron chi connectivity index (χ4n) is 2.91. The van der Waals surface area contributed by atoms with Gasteiger partial charge in [0.05, 0.1) is 12.2 Å². The highest BCUT2D eigenvalue weighted by atomic mass is 32.2. The van der Waals surface area contributed by atoms with Gasteiger partial charge in [-0.15, -0.1) is 11.8 Å². The minimum Gasteiger partial charge on any atom is -0.493 e. The molecule has 0 saturated carbocycles. The second-order valence-corrected chi connectivity index (χ2v) is 8.36. The number of ether oxygens (including phenoxy) is 3. The van der Waals surface area contributed by atoms with Gasteiger partial charge in [0.25, 0.3) is 0 Å². The van der Waals surface area contributed by atoms with Crippen molar-refractivity contribution in [3.8, 4) is 11.5 Å². The molecule has 0 amide bonds. The normalized spacial score (nSPS) is 13.4. The van der Waals surface area contributed by atoms with Gasteiger partial charge in [0.15, 0.2) is 12.9 Å². The molecule has 0 aliphatic heterocycles. The third kappa shape index (κ3) is 9.53. The van der Waals surface area contributed by atoms with Crippen molar-refractivity contribution in [2.75, 3.05) is 25.6 Å². The van der Waals surface area contributed by atoms with Crippen molar-refractivity contribution in [1.82, 2.24) is 0 Å². The Morgan fingerprint density at radius 3 is 2.39 bits per heavy atom. The molecule has 0 aliphatic carbocycles. The smallest absolute Gasteiger partial charge is 0.416 e. The molecule has 0 aromatic heterocycles. The Hall–Kier alpha value is -2.43. The third-order valence-electron chi connectivity index (χ3n) is 4.54. The first-order valence-corrected chi connectivity index (χ1v) is 11.2. The molecule has 0 fully saturated rings. The zero-order valence-electron chi connectivity index (χ0n) is 18.3. The Balaban J connectivity index is 1.99. The first-order chi connectivity index (χ1) is 15.6. The summed E-state index contributed by atoms with van der Waals surface area (Å²) in [6, 6.07) is 9.84. The lowest BCUT2D eigenvalue weighted by molar-refractivity contribution is -0.139. The van der Waals surface area contributed by atoms with Crippen molar-refractivity contribution in [3.63, 3.8) is 0 Å². The van der Waals surface area contributed by atoms with Crippen LogP contribution in [0.25, 0.3) is 0 Å². The first-order valence-electron chi connectivity index (χ1n) is 10.3. The van der Waals surface area contributed by atoms with Crippen molar-refractivity contribution >= 4 is 17.7 Å². The lowest BCUT2D eigenvalue weighted by Crippen LogP contribution is -2.23. The SMILES string of the molecule is CCOC(O)CC(COc1ccc(C(F)(F)F)cc1)CSc1ccc(OCC(=O)O)c(C)c1. The largest absolute Gasteiger partial charge is 0.493 e. The highest BCUT2D eigenvalue weighted by Crippen LogP contribution is 2.31. The van der Waals surface area contributed by atoms with E-state index in [1.807, 2.05) is 19.1 Å². The van der Waals surface area contributed by atoms with Crippen LogP contribution in [0, 0.1) is 12.8 Å². The number of hydrogen-bond acceptors (Lipinski definition) is 6. The fourth-order valence-corrected chi connectivity index (χ4v) is 4.00. The van der Waals surface area contributed by atoms with Gasteiger partial charge in [-0.1, -0.05) is 0 Å². The minimum absolute atomic E-state index is 0.151. The van der Waals surface area contributed by atoms with Crippen LogP contribution in [0.2, 0.25) is 0 Å². The predicted octanol–water partition coefficient (Wildman–Crippen LogP) is 5.01. The molecule has 0 spiro atoms. The van der Waals surface area contributed by atoms with Crippen LogP contribution < -0.4 is 9.47 Å². The summed E-state index contributed by atoms with van der Waals surface area (Å²) >= 11 is 1.51. The molecule has 33 heavy (non-hydrogen) atoms. The van der Waals surface area contributed by atoms with Crippen molar-refractivity contribution in [2.24, 2.45) is 5.92 Å². The van der Waals surface area contributed by atoms with E-state index in [4.69, 9.17) is 19.3 Å². The summed E-state index contributed by atoms with van der Waals surface area (Å²) in [5, 5.41) is 18.8. The van der Waals surface area contributed by atoms with Crippen LogP contribution in [0.5, 0.6) is 11.5 Å². The van der Waals surface area contributed by atoms with E-state index in [1.54, 1.807) is 13.0 Å². The Morgan fingerprint density at radius 1 is 1.12 bits per heavy atom. The molecule has 0 radical (unpaired) electrons. The molecule has 0 aliphatic rings. The lowest BCUT2D eigenvalue weighted by atomic mass is 10.1. The molecule has 2 rings (SSSR count). The zero-order chi connectivity index (χ0) is 24.4. The number of halogens is 3. The topological polar surface area (TPSA) is 85.2 Å². The van der Waals surface area contributed by atoms with Crippen LogP contribution >= 0.6 is 11.8 Å². The van der Waals surface area contributed by atoms with E-state index in [0.29, 0.717) is 30.3 Å². The molecular weight excluding hydrogens is 461 g/mol. The average molecular weight is 489 g/mol. The number of carboxylic acid groups (broad SMARTS) is 1. The van der Waals surface area contributed by atoms with Gasteiger partial charge in [0, 0.05) is 29.6 Å². The number of aliphatic hydroxyl groups is 1. The molecule has 2 unspecified atom stereocenters. The molecule has 0 saturated heterocycles. The molecule has 0 bridgehead atoms. The highest BCUT2D eigenvalue weighted by Gasteiger charge is 2.30. The van der Waals surface area contributed by atoms with Gasteiger partial charge >= 0.3 is 12.1 Å². The van der Waals surface area contributed by atoms with Crippen molar-refractivity contribution in [1.29, 1.82) is 0 Å². The number of hydrogen-bond donors (Lipinski definition) is 2. The molecule has 10 heteroatoms. The van der Waals surface area contributed by atoms with E-state index in [1.165, 1.54) is 23.9 Å². The van der Waals surface area contributed by atoms with Gasteiger partial charge in [-0.25, -0.2) is 4.79 Å². The quantitative estimate of drug-likeness (QED) is 0.303. The number of alkyl halides is 3. The maximum Gasteiger partial charge on any atom is 0.416 e. The summed E-state index contributed by atoms with van der Waals surface area (Å²) in [6.07, 6.45) is -5.10. The van der Waals surface area contributed by atoms with Crippen LogP contribution in [0.1, 0.15) is 24.5 Å². The van der Waals surface area contributed by atoms with Crippen LogP contribution in [0.15, 0.2) is 47.4 Å². The van der Waals surface area contributed by atoms with E-state index in [-0.39, 0.29) is 12.5 Å². The number of carbonyl (C=O) groups is 1. The number of thioether (sulfide) groups is 1. The van der Waals surface area contributed by atoms with Gasteiger partial charge < -0.3 is 24.4 Å². The van der Waals surface area contributed by atoms with Gasteiger partial charge in [0.1, 0.15) is 11.5 Å². The summed E-state index contributed by atoms with van der Waals surface area (Å²) in [4.78, 5) is 11.6. The molecule has 2 aromatic carbocycles. The van der Waals surface area contributed by atoms with Crippen LogP contribution in [0.3, 0.4) is 0 Å². The van der Waals surface area contributed by atoms with E-state index in [0.717, 1.165) is 22.6 Å². The predicted molar refractivity (Wildman–Crippen MR) is 118 cm³/mol. The summed E-state index contributed by atoms with van der Waals surface area (Å²) in [7, 11) is 0. The monoisotopic (exact) mass is 488 g/mol. The highest BCUT2D eigenvalue weighted by molar-refractivity contribution is 7.99. The number of aliphatic carboxylic acids is 1. The molecular formula is C23H27F3O6S. The number of rotatable bonds is 13. The standard InChI is InChI=1S/C23H27F3O6S/c1-3-30-22(29)11-16(12-31-18-6-4-17(5-7-18)23(24,25)26)14-33-19-8-9-20(15(2)10-19)32-13-21(27)28/h4-10,16,22,29H,3,11-14H2,1-2H3,(H,27,28). The molecule has 6 nitrogen and oxygen atoms in total. The summed E-state index contributed by atoms with van der Waals surface area (Å²) < 4.78 is 54.3. The number of aliphatic hydroxyl groups excluding tert-OH is 1. The van der Waals surface area contributed by atoms with Gasteiger partial charge in [0.2, 0.25) is 0 Å². The van der Waals surface area contributed by atoms with E-state index in [2.05, 4.69) is 0 Å². The maximum absolute atomic E-state index is 12.7. The van der Waals surface area contributed by atoms with Crippen molar-refractivity contribution in [2.45, 2.75) is 37.6 Å². The fraction of sp³-hybridized carbons (Fsp3) is 0.435. The van der Waals surface area contributed by atoms with Crippen molar-refractivity contribution in [3.05, 3.63) is 53.6 Å². The Kier molecular flexibility index (Phi) is 10.3. The number of aryl methyl sites for hydroxylation is 1. The average Bonchev–Trinajstić information content (AvgIpc) is 2.74. The first kappa shape index (κ1) is 26.8. The molecule has 0 heterocycles. The van der Waals surface area contributed by atoms with E-state index >= 15 is 0 Å². The van der Waals surface area contributed by atoms with Gasteiger partial charge in [-0.2, -0.15) is 13.2 Å². The van der Waals surface area contributed by atoms with E-state index < -0.39 is 30.6 Å². The van der Waals surface area contributed by atoms with Crippen LogP contribution in [-0.4, -0.2) is 48.0 Å². The second-order valence-electron chi connectivity index (χ2n) is 7.27.